The molecule has 0 N–H and O–H groups in total. The number of sulfonamides is 1. The highest BCUT2D eigenvalue weighted by molar-refractivity contribution is 7.89. The van der Waals surface area contributed by atoms with Crippen molar-refractivity contribution in [2.45, 2.75) is 63.3 Å². The second kappa shape index (κ2) is 8.09. The zero-order chi connectivity index (χ0) is 18.7. The van der Waals surface area contributed by atoms with Gasteiger partial charge in [0.1, 0.15) is 0 Å². The van der Waals surface area contributed by atoms with Crippen molar-refractivity contribution in [3.05, 3.63) is 29.8 Å². The van der Waals surface area contributed by atoms with E-state index in [1.807, 2.05) is 4.90 Å². The van der Waals surface area contributed by atoms with Crippen LogP contribution in [0, 0.1) is 5.92 Å². The summed E-state index contributed by atoms with van der Waals surface area (Å²) in [7, 11) is -3.47. The molecule has 0 aromatic heterocycles. The molecule has 2 fully saturated rings. The van der Waals surface area contributed by atoms with Gasteiger partial charge in [-0.1, -0.05) is 13.8 Å². The maximum Gasteiger partial charge on any atom is 0.254 e. The number of nitrogens with zero attached hydrogens (tertiary/aromatic N) is 2. The Hall–Kier alpha value is -1.40. The van der Waals surface area contributed by atoms with Crippen LogP contribution in [-0.2, 0) is 10.0 Å². The third kappa shape index (κ3) is 3.96. The van der Waals surface area contributed by atoms with E-state index < -0.39 is 10.0 Å². The maximum absolute atomic E-state index is 12.8. The predicted molar refractivity (Wildman–Crippen MR) is 103 cm³/mol. The first kappa shape index (κ1) is 19.4. The third-order valence-corrected chi connectivity index (χ3v) is 7.60. The summed E-state index contributed by atoms with van der Waals surface area (Å²) in [4.78, 5) is 15.1. The van der Waals surface area contributed by atoms with E-state index in [2.05, 4.69) is 13.8 Å². The summed E-state index contributed by atoms with van der Waals surface area (Å²) in [5, 5.41) is 0. The summed E-state index contributed by atoms with van der Waals surface area (Å²) >= 11 is 0. The highest BCUT2D eigenvalue weighted by Gasteiger charge is 2.30. The van der Waals surface area contributed by atoms with Gasteiger partial charge in [0.2, 0.25) is 10.0 Å². The minimum absolute atomic E-state index is 0.0205. The van der Waals surface area contributed by atoms with E-state index in [9.17, 15) is 13.2 Å². The van der Waals surface area contributed by atoms with Gasteiger partial charge >= 0.3 is 0 Å². The van der Waals surface area contributed by atoms with Crippen molar-refractivity contribution in [2.75, 3.05) is 19.6 Å². The Morgan fingerprint density at radius 3 is 2.46 bits per heavy atom. The van der Waals surface area contributed by atoms with Crippen molar-refractivity contribution in [1.29, 1.82) is 0 Å². The van der Waals surface area contributed by atoms with Gasteiger partial charge in [0.25, 0.3) is 5.91 Å². The Kier molecular flexibility index (Phi) is 6.03. The minimum Gasteiger partial charge on any atom is -0.336 e. The highest BCUT2D eigenvalue weighted by Crippen LogP contribution is 2.25. The van der Waals surface area contributed by atoms with Gasteiger partial charge < -0.3 is 4.90 Å². The van der Waals surface area contributed by atoms with E-state index >= 15 is 0 Å². The lowest BCUT2D eigenvalue weighted by Gasteiger charge is -2.35. The first-order valence-electron chi connectivity index (χ1n) is 9.84. The molecule has 2 unspecified atom stereocenters. The molecule has 26 heavy (non-hydrogen) atoms. The molecule has 2 atom stereocenters. The molecular formula is C20H30N2O3S. The molecule has 2 aliphatic heterocycles. The lowest BCUT2D eigenvalue weighted by molar-refractivity contribution is 0.0608. The quantitative estimate of drug-likeness (QED) is 0.805. The van der Waals surface area contributed by atoms with E-state index in [0.717, 1.165) is 38.6 Å². The molecule has 0 bridgehead atoms. The van der Waals surface area contributed by atoms with Crippen molar-refractivity contribution < 1.29 is 13.2 Å². The molecule has 1 amide bonds. The predicted octanol–water partition coefficient (Wildman–Crippen LogP) is 3.51. The molecule has 0 radical (unpaired) electrons. The van der Waals surface area contributed by atoms with Crippen LogP contribution in [0.25, 0.3) is 0 Å². The van der Waals surface area contributed by atoms with Gasteiger partial charge in [-0.2, -0.15) is 4.31 Å². The van der Waals surface area contributed by atoms with Crippen molar-refractivity contribution in [2.24, 2.45) is 5.92 Å². The molecule has 144 valence electrons. The molecule has 2 saturated heterocycles. The normalized spacial score (nSPS) is 25.2. The van der Waals surface area contributed by atoms with Gasteiger partial charge in [-0.15, -0.1) is 0 Å². The van der Waals surface area contributed by atoms with Crippen LogP contribution in [-0.4, -0.2) is 49.2 Å². The summed E-state index contributed by atoms with van der Waals surface area (Å²) in [6.45, 7) is 6.16. The summed E-state index contributed by atoms with van der Waals surface area (Å²) in [5.74, 6) is 0.413. The SMILES string of the molecule is CCC1CCCCN1C(=O)c1ccc(S(=O)(=O)N2CCCC(C)C2)cc1. The standard InChI is InChI=1S/C20H30N2O3S/c1-3-18-8-4-5-14-22(18)20(23)17-9-11-19(12-10-17)26(24,25)21-13-6-7-16(2)15-21/h9-12,16,18H,3-8,13-15H2,1-2H3. The maximum atomic E-state index is 12.8. The number of rotatable bonds is 4. The van der Waals surface area contributed by atoms with Crippen LogP contribution in [0.5, 0.6) is 0 Å². The Morgan fingerprint density at radius 2 is 1.81 bits per heavy atom. The summed E-state index contributed by atoms with van der Waals surface area (Å²) < 4.78 is 27.3. The van der Waals surface area contributed by atoms with Crippen LogP contribution in [0.1, 0.15) is 62.7 Å². The fraction of sp³-hybridized carbons (Fsp3) is 0.650. The first-order chi connectivity index (χ1) is 12.4. The van der Waals surface area contributed by atoms with Crippen LogP contribution in [0.3, 0.4) is 0 Å². The van der Waals surface area contributed by atoms with E-state index in [1.54, 1.807) is 28.6 Å². The average Bonchev–Trinajstić information content (AvgIpc) is 2.67. The van der Waals surface area contributed by atoms with E-state index in [1.165, 1.54) is 6.42 Å². The Morgan fingerprint density at radius 1 is 1.08 bits per heavy atom. The molecular weight excluding hydrogens is 348 g/mol. The van der Waals surface area contributed by atoms with Gasteiger partial charge in [0.05, 0.1) is 4.90 Å². The molecule has 0 saturated carbocycles. The number of piperidine rings is 2. The number of benzene rings is 1. The molecule has 1 aromatic carbocycles. The van der Waals surface area contributed by atoms with Crippen LogP contribution >= 0.6 is 0 Å². The molecule has 2 aliphatic rings. The van der Waals surface area contributed by atoms with Gasteiger partial charge in [-0.25, -0.2) is 8.42 Å². The molecule has 2 heterocycles. The first-order valence-corrected chi connectivity index (χ1v) is 11.3. The van der Waals surface area contributed by atoms with Gasteiger partial charge in [0.15, 0.2) is 0 Å². The number of likely N-dealkylation sites (tertiary alicyclic amines) is 1. The molecule has 1 aromatic rings. The lowest BCUT2D eigenvalue weighted by atomic mass is 9.99. The molecule has 5 nitrogen and oxygen atoms in total. The zero-order valence-corrected chi connectivity index (χ0v) is 16.7. The summed E-state index contributed by atoms with van der Waals surface area (Å²) in [5.41, 5.74) is 0.580. The van der Waals surface area contributed by atoms with E-state index in [4.69, 9.17) is 0 Å². The van der Waals surface area contributed by atoms with E-state index in [0.29, 0.717) is 30.6 Å². The Labute approximate surface area is 157 Å². The number of hydrogen-bond donors (Lipinski definition) is 0. The molecule has 3 rings (SSSR count). The van der Waals surface area contributed by atoms with Crippen molar-refractivity contribution >= 4 is 15.9 Å². The molecule has 6 heteroatoms. The monoisotopic (exact) mass is 378 g/mol. The number of carbonyl (C=O) groups is 1. The van der Waals surface area contributed by atoms with Crippen LogP contribution in [0.2, 0.25) is 0 Å². The molecule has 0 spiro atoms. The largest absolute Gasteiger partial charge is 0.336 e. The van der Waals surface area contributed by atoms with Crippen LogP contribution in [0.15, 0.2) is 29.2 Å². The minimum atomic E-state index is -3.47. The fourth-order valence-electron chi connectivity index (χ4n) is 4.14. The van der Waals surface area contributed by atoms with Crippen molar-refractivity contribution in [1.82, 2.24) is 9.21 Å². The topological polar surface area (TPSA) is 57.7 Å². The van der Waals surface area contributed by atoms with Crippen molar-refractivity contribution in [3.8, 4) is 0 Å². The van der Waals surface area contributed by atoms with Crippen LogP contribution in [0.4, 0.5) is 0 Å². The van der Waals surface area contributed by atoms with Crippen LogP contribution < -0.4 is 0 Å². The fourth-order valence-corrected chi connectivity index (χ4v) is 5.74. The second-order valence-electron chi connectivity index (χ2n) is 7.69. The second-order valence-corrected chi connectivity index (χ2v) is 9.63. The number of hydrogen-bond acceptors (Lipinski definition) is 3. The summed E-state index contributed by atoms with van der Waals surface area (Å²) in [6.07, 6.45) is 6.22. The highest BCUT2D eigenvalue weighted by atomic mass is 32.2. The van der Waals surface area contributed by atoms with Gasteiger partial charge in [-0.05, 0) is 68.7 Å². The zero-order valence-electron chi connectivity index (χ0n) is 15.9. The van der Waals surface area contributed by atoms with Gasteiger partial charge in [-0.3, -0.25) is 4.79 Å². The average molecular weight is 379 g/mol. The Bertz CT molecular complexity index is 730. The lowest BCUT2D eigenvalue weighted by Crippen LogP contribution is -2.43. The number of amides is 1. The van der Waals surface area contributed by atoms with E-state index in [-0.39, 0.29) is 10.8 Å². The van der Waals surface area contributed by atoms with Gasteiger partial charge in [0, 0.05) is 31.2 Å². The smallest absolute Gasteiger partial charge is 0.254 e. The third-order valence-electron chi connectivity index (χ3n) is 5.72. The number of carbonyl (C=O) groups excluding carboxylic acids is 1. The Balaban J connectivity index is 1.76. The summed E-state index contributed by atoms with van der Waals surface area (Å²) in [6, 6.07) is 6.82. The van der Waals surface area contributed by atoms with Crippen molar-refractivity contribution in [3.63, 3.8) is 0 Å². The molecule has 0 aliphatic carbocycles.